The number of pyridine rings is 1. The summed E-state index contributed by atoms with van der Waals surface area (Å²) < 4.78 is 5.93. The first-order valence-electron chi connectivity index (χ1n) is 10.9. The van der Waals surface area contributed by atoms with Crippen LogP contribution in [0.3, 0.4) is 0 Å². The van der Waals surface area contributed by atoms with E-state index in [1.165, 1.54) is 0 Å². The predicted octanol–water partition coefficient (Wildman–Crippen LogP) is 5.44. The van der Waals surface area contributed by atoms with Crippen LogP contribution in [0, 0.1) is 0 Å². The molecule has 0 fully saturated rings. The number of aromatic nitrogens is 2. The van der Waals surface area contributed by atoms with E-state index in [4.69, 9.17) is 4.74 Å². The van der Waals surface area contributed by atoms with Crippen molar-refractivity contribution in [3.05, 3.63) is 90.3 Å². The molecule has 2 heterocycles. The summed E-state index contributed by atoms with van der Waals surface area (Å²) in [6.45, 7) is 1.48. The van der Waals surface area contributed by atoms with Gasteiger partial charge in [0.2, 0.25) is 0 Å². The number of hydrogen-bond acceptors (Lipinski definition) is 4. The molecular weight excluding hydrogens is 402 g/mol. The van der Waals surface area contributed by atoms with Crippen LogP contribution < -0.4 is 10.1 Å². The van der Waals surface area contributed by atoms with Crippen molar-refractivity contribution < 1.29 is 14.6 Å². The summed E-state index contributed by atoms with van der Waals surface area (Å²) in [5, 5.41) is 13.8. The third kappa shape index (κ3) is 5.46. The Morgan fingerprint density at radius 1 is 1.06 bits per heavy atom. The third-order valence-electron chi connectivity index (χ3n) is 5.45. The second-order valence-corrected chi connectivity index (χ2v) is 7.71. The molecule has 0 bridgehead atoms. The lowest BCUT2D eigenvalue weighted by atomic mass is 9.88. The van der Waals surface area contributed by atoms with Crippen LogP contribution >= 0.6 is 0 Å². The lowest BCUT2D eigenvalue weighted by Crippen LogP contribution is -2.07. The molecule has 0 saturated carbocycles. The largest absolute Gasteiger partial charge is 0.494 e. The van der Waals surface area contributed by atoms with E-state index in [0.29, 0.717) is 6.61 Å². The van der Waals surface area contributed by atoms with Crippen molar-refractivity contribution in [3.8, 4) is 5.75 Å². The van der Waals surface area contributed by atoms with Crippen molar-refractivity contribution in [3.63, 3.8) is 0 Å². The van der Waals surface area contributed by atoms with E-state index in [1.807, 2.05) is 72.9 Å². The third-order valence-corrected chi connectivity index (χ3v) is 5.45. The van der Waals surface area contributed by atoms with Crippen LogP contribution in [0.25, 0.3) is 10.9 Å². The predicted molar refractivity (Wildman–Crippen MR) is 126 cm³/mol. The van der Waals surface area contributed by atoms with Crippen LogP contribution in [0.5, 0.6) is 5.75 Å². The summed E-state index contributed by atoms with van der Waals surface area (Å²) in [6, 6.07) is 21.5. The molecular formula is C26H27N3O3. The van der Waals surface area contributed by atoms with Crippen LogP contribution in [0.15, 0.2) is 79.1 Å². The standard InChI is InChI=1S/C26H27N3O3/c30-26(31)17-22(19-8-2-1-3-9-19)23-18-29-24-16-20(11-12-21(23)24)32-15-7-6-14-28-25-10-4-5-13-27-25/h1-5,8-13,16,18,22,29H,6-7,14-15,17H2,(H,27,28)(H,30,31). The number of anilines is 1. The minimum absolute atomic E-state index is 0.0434. The molecule has 164 valence electrons. The zero-order valence-electron chi connectivity index (χ0n) is 17.8. The average molecular weight is 430 g/mol. The summed E-state index contributed by atoms with van der Waals surface area (Å²) in [5.74, 6) is 0.669. The number of aliphatic carboxylic acids is 1. The number of unbranched alkanes of at least 4 members (excludes halogenated alkanes) is 1. The molecule has 0 radical (unpaired) electrons. The van der Waals surface area contributed by atoms with Gasteiger partial charge in [-0.25, -0.2) is 4.98 Å². The van der Waals surface area contributed by atoms with Crippen molar-refractivity contribution in [1.29, 1.82) is 0 Å². The van der Waals surface area contributed by atoms with Gasteiger partial charge in [-0.2, -0.15) is 0 Å². The minimum atomic E-state index is -0.814. The maximum atomic E-state index is 11.5. The van der Waals surface area contributed by atoms with Crippen LogP contribution in [0.4, 0.5) is 5.82 Å². The van der Waals surface area contributed by atoms with Crippen LogP contribution in [-0.2, 0) is 4.79 Å². The lowest BCUT2D eigenvalue weighted by Gasteiger charge is -2.15. The van der Waals surface area contributed by atoms with Crippen molar-refractivity contribution in [2.75, 3.05) is 18.5 Å². The summed E-state index contributed by atoms with van der Waals surface area (Å²) in [4.78, 5) is 19.0. The Morgan fingerprint density at radius 3 is 2.69 bits per heavy atom. The van der Waals surface area contributed by atoms with E-state index in [0.717, 1.165) is 53.0 Å². The number of nitrogens with zero attached hydrogens (tertiary/aromatic N) is 1. The zero-order valence-corrected chi connectivity index (χ0v) is 17.8. The van der Waals surface area contributed by atoms with Gasteiger partial charge in [0.25, 0.3) is 0 Å². The Labute approximate surface area is 187 Å². The van der Waals surface area contributed by atoms with Gasteiger partial charge in [0, 0.05) is 41.8 Å². The van der Waals surface area contributed by atoms with Gasteiger partial charge in [-0.15, -0.1) is 0 Å². The number of aromatic amines is 1. The van der Waals surface area contributed by atoms with Gasteiger partial charge in [-0.1, -0.05) is 36.4 Å². The van der Waals surface area contributed by atoms with E-state index in [9.17, 15) is 9.90 Å². The van der Waals surface area contributed by atoms with E-state index < -0.39 is 5.97 Å². The zero-order chi connectivity index (χ0) is 22.2. The monoisotopic (exact) mass is 429 g/mol. The Balaban J connectivity index is 1.36. The Bertz CT molecular complexity index is 1140. The summed E-state index contributed by atoms with van der Waals surface area (Å²) in [6.07, 6.45) is 5.65. The molecule has 0 saturated heterocycles. The SMILES string of the molecule is O=C(O)CC(c1ccccc1)c1c[nH]c2cc(OCCCCNc3ccccn3)ccc12. The Kier molecular flexibility index (Phi) is 7.02. The van der Waals surface area contributed by atoms with Gasteiger partial charge in [0.15, 0.2) is 0 Å². The highest BCUT2D eigenvalue weighted by Gasteiger charge is 2.21. The normalized spacial score (nSPS) is 11.9. The van der Waals surface area contributed by atoms with Crippen molar-refractivity contribution in [2.24, 2.45) is 0 Å². The number of H-pyrrole nitrogens is 1. The van der Waals surface area contributed by atoms with Crippen LogP contribution in [-0.4, -0.2) is 34.2 Å². The second kappa shape index (κ2) is 10.5. The maximum absolute atomic E-state index is 11.5. The van der Waals surface area contributed by atoms with Crippen molar-refractivity contribution in [2.45, 2.75) is 25.2 Å². The Hall–Kier alpha value is -3.80. The molecule has 4 aromatic rings. The quantitative estimate of drug-likeness (QED) is 0.276. The first-order chi connectivity index (χ1) is 15.7. The lowest BCUT2D eigenvalue weighted by molar-refractivity contribution is -0.137. The highest BCUT2D eigenvalue weighted by atomic mass is 16.5. The molecule has 2 aromatic carbocycles. The molecule has 6 nitrogen and oxygen atoms in total. The molecule has 2 aromatic heterocycles. The highest BCUT2D eigenvalue weighted by molar-refractivity contribution is 5.86. The number of hydrogen-bond donors (Lipinski definition) is 3. The maximum Gasteiger partial charge on any atom is 0.304 e. The number of carboxylic acids is 1. The molecule has 0 amide bonds. The smallest absolute Gasteiger partial charge is 0.304 e. The average Bonchev–Trinajstić information content (AvgIpc) is 3.24. The fraction of sp³-hybridized carbons (Fsp3) is 0.231. The van der Waals surface area contributed by atoms with E-state index in [-0.39, 0.29) is 12.3 Å². The van der Waals surface area contributed by atoms with E-state index >= 15 is 0 Å². The number of nitrogens with one attached hydrogen (secondary N) is 2. The number of carbonyl (C=O) groups is 1. The molecule has 1 atom stereocenters. The molecule has 6 heteroatoms. The molecule has 0 aliphatic heterocycles. The van der Waals surface area contributed by atoms with Crippen molar-refractivity contribution >= 4 is 22.7 Å². The molecule has 32 heavy (non-hydrogen) atoms. The number of carboxylic acid groups (broad SMARTS) is 1. The molecule has 0 aliphatic carbocycles. The van der Waals surface area contributed by atoms with E-state index in [2.05, 4.69) is 15.3 Å². The summed E-state index contributed by atoms with van der Waals surface area (Å²) >= 11 is 0. The van der Waals surface area contributed by atoms with Gasteiger partial charge >= 0.3 is 5.97 Å². The van der Waals surface area contributed by atoms with Gasteiger partial charge < -0.3 is 20.1 Å². The fourth-order valence-corrected chi connectivity index (χ4v) is 3.87. The fourth-order valence-electron chi connectivity index (χ4n) is 3.87. The second-order valence-electron chi connectivity index (χ2n) is 7.71. The van der Waals surface area contributed by atoms with Gasteiger partial charge in [0.1, 0.15) is 11.6 Å². The number of rotatable bonds is 11. The van der Waals surface area contributed by atoms with Crippen LogP contribution in [0.1, 0.15) is 36.3 Å². The topological polar surface area (TPSA) is 87.2 Å². The Morgan fingerprint density at radius 2 is 1.91 bits per heavy atom. The van der Waals surface area contributed by atoms with Gasteiger partial charge in [-0.3, -0.25) is 4.79 Å². The number of fused-ring (bicyclic) bond motifs is 1. The van der Waals surface area contributed by atoms with E-state index in [1.54, 1.807) is 6.20 Å². The number of ether oxygens (including phenoxy) is 1. The van der Waals surface area contributed by atoms with Gasteiger partial charge in [-0.05, 0) is 48.2 Å². The van der Waals surface area contributed by atoms with Crippen LogP contribution in [0.2, 0.25) is 0 Å². The summed E-state index contributed by atoms with van der Waals surface area (Å²) in [7, 11) is 0. The minimum Gasteiger partial charge on any atom is -0.494 e. The summed E-state index contributed by atoms with van der Waals surface area (Å²) in [5.41, 5.74) is 2.93. The first-order valence-corrected chi connectivity index (χ1v) is 10.9. The highest BCUT2D eigenvalue weighted by Crippen LogP contribution is 2.34. The molecule has 0 spiro atoms. The molecule has 1 unspecified atom stereocenters. The van der Waals surface area contributed by atoms with Gasteiger partial charge in [0.05, 0.1) is 13.0 Å². The molecule has 4 rings (SSSR count). The number of benzene rings is 2. The first kappa shape index (κ1) is 21.4. The molecule has 3 N–H and O–H groups in total. The molecule has 0 aliphatic rings. The van der Waals surface area contributed by atoms with Crippen molar-refractivity contribution in [1.82, 2.24) is 9.97 Å².